The molecule has 0 amide bonds. The number of thioether (sulfide) groups is 1. The zero-order valence-electron chi connectivity index (χ0n) is 13.5. The maximum Gasteiger partial charge on any atom is 0.166 e. The summed E-state index contributed by atoms with van der Waals surface area (Å²) >= 11 is 2.13. The van der Waals surface area contributed by atoms with Crippen LogP contribution in [0.5, 0.6) is 5.75 Å². The smallest absolute Gasteiger partial charge is 0.166 e. The van der Waals surface area contributed by atoms with Crippen molar-refractivity contribution in [3.63, 3.8) is 0 Å². The molecule has 2 aliphatic heterocycles. The third-order valence-electron chi connectivity index (χ3n) is 5.27. The van der Waals surface area contributed by atoms with Crippen LogP contribution in [-0.4, -0.2) is 23.4 Å². The Morgan fingerprint density at radius 2 is 1.74 bits per heavy atom. The number of ether oxygens (including phenoxy) is 1. The predicted molar refractivity (Wildman–Crippen MR) is 96.6 cm³/mol. The van der Waals surface area contributed by atoms with Crippen molar-refractivity contribution in [1.82, 2.24) is 0 Å². The van der Waals surface area contributed by atoms with Crippen molar-refractivity contribution in [3.05, 3.63) is 42.0 Å². The minimum atomic E-state index is 0.198. The Labute approximate surface area is 141 Å². The highest BCUT2D eigenvalue weighted by molar-refractivity contribution is 8.00. The molecule has 2 bridgehead atoms. The van der Waals surface area contributed by atoms with E-state index in [2.05, 4.69) is 11.8 Å². The van der Waals surface area contributed by atoms with Crippen LogP contribution < -0.4 is 4.74 Å². The highest BCUT2D eigenvalue weighted by atomic mass is 32.2. The Balaban J connectivity index is 1.70. The van der Waals surface area contributed by atoms with Gasteiger partial charge in [0.2, 0.25) is 0 Å². The molecule has 2 aromatic rings. The minimum absolute atomic E-state index is 0.198. The molecule has 2 fully saturated rings. The van der Waals surface area contributed by atoms with E-state index in [-0.39, 0.29) is 5.92 Å². The molecule has 0 radical (unpaired) electrons. The van der Waals surface area contributed by atoms with Crippen molar-refractivity contribution in [1.29, 1.82) is 0 Å². The zero-order valence-corrected chi connectivity index (χ0v) is 14.3. The van der Waals surface area contributed by atoms with Gasteiger partial charge in [0.15, 0.2) is 5.78 Å². The lowest BCUT2D eigenvalue weighted by molar-refractivity contribution is 0.0898. The van der Waals surface area contributed by atoms with Crippen molar-refractivity contribution in [2.45, 2.75) is 42.6 Å². The van der Waals surface area contributed by atoms with Gasteiger partial charge >= 0.3 is 0 Å². The summed E-state index contributed by atoms with van der Waals surface area (Å²) in [6, 6.07) is 12.0. The second kappa shape index (κ2) is 6.20. The second-order valence-corrected chi connectivity index (χ2v) is 8.31. The van der Waals surface area contributed by atoms with Gasteiger partial charge in [-0.3, -0.25) is 4.79 Å². The van der Waals surface area contributed by atoms with E-state index in [9.17, 15) is 4.79 Å². The SMILES string of the molecule is COc1ccc(C(=O)C2CC3CCCC(C2)S3)c2ccccc12. The molecule has 2 heterocycles. The van der Waals surface area contributed by atoms with Crippen LogP contribution in [0, 0.1) is 5.92 Å². The third kappa shape index (κ3) is 2.76. The van der Waals surface area contributed by atoms with Crippen molar-refractivity contribution in [2.24, 2.45) is 5.92 Å². The van der Waals surface area contributed by atoms with Gasteiger partial charge in [-0.25, -0.2) is 0 Å². The number of benzene rings is 2. The Morgan fingerprint density at radius 3 is 2.43 bits per heavy atom. The van der Waals surface area contributed by atoms with Crippen LogP contribution in [0.25, 0.3) is 10.8 Å². The van der Waals surface area contributed by atoms with Crippen molar-refractivity contribution in [3.8, 4) is 5.75 Å². The molecule has 2 aliphatic rings. The highest BCUT2D eigenvalue weighted by Gasteiger charge is 2.36. The first-order valence-electron chi connectivity index (χ1n) is 8.51. The van der Waals surface area contributed by atoms with Gasteiger partial charge < -0.3 is 4.74 Å². The van der Waals surface area contributed by atoms with Crippen LogP contribution in [0.2, 0.25) is 0 Å². The summed E-state index contributed by atoms with van der Waals surface area (Å²) in [5, 5.41) is 3.45. The molecule has 2 atom stereocenters. The topological polar surface area (TPSA) is 26.3 Å². The maximum absolute atomic E-state index is 13.2. The average Bonchev–Trinajstić information content (AvgIpc) is 2.60. The van der Waals surface area contributed by atoms with E-state index in [1.807, 2.05) is 36.4 Å². The molecular formula is C20H22O2S. The van der Waals surface area contributed by atoms with Crippen molar-refractivity contribution >= 4 is 28.3 Å². The number of Topliss-reactive ketones (excluding diaryl/α,β-unsaturated/α-hetero) is 1. The molecule has 23 heavy (non-hydrogen) atoms. The molecule has 0 N–H and O–H groups in total. The summed E-state index contributed by atoms with van der Waals surface area (Å²) in [7, 11) is 1.68. The fourth-order valence-electron chi connectivity index (χ4n) is 4.16. The fraction of sp³-hybridized carbons (Fsp3) is 0.450. The van der Waals surface area contributed by atoms with Gasteiger partial charge in [-0.1, -0.05) is 30.7 Å². The van der Waals surface area contributed by atoms with E-state index in [0.29, 0.717) is 16.3 Å². The Morgan fingerprint density at radius 1 is 1.04 bits per heavy atom. The molecule has 2 saturated heterocycles. The van der Waals surface area contributed by atoms with Gasteiger partial charge in [-0.15, -0.1) is 0 Å². The molecule has 4 rings (SSSR count). The highest BCUT2D eigenvalue weighted by Crippen LogP contribution is 2.45. The van der Waals surface area contributed by atoms with E-state index < -0.39 is 0 Å². The molecule has 2 unspecified atom stereocenters. The summed E-state index contributed by atoms with van der Waals surface area (Å²) in [6.45, 7) is 0. The first-order valence-corrected chi connectivity index (χ1v) is 9.46. The van der Waals surface area contributed by atoms with Gasteiger partial charge in [0.1, 0.15) is 5.75 Å². The lowest BCUT2D eigenvalue weighted by Crippen LogP contribution is -2.33. The molecule has 2 nitrogen and oxygen atoms in total. The van der Waals surface area contributed by atoms with Crippen LogP contribution in [0.1, 0.15) is 42.5 Å². The Bertz CT molecular complexity index is 727. The van der Waals surface area contributed by atoms with Crippen LogP contribution in [0.15, 0.2) is 36.4 Å². The molecule has 120 valence electrons. The maximum atomic E-state index is 13.2. The van der Waals surface area contributed by atoms with Gasteiger partial charge in [-0.05, 0) is 43.2 Å². The Kier molecular flexibility index (Phi) is 4.06. The lowest BCUT2D eigenvalue weighted by atomic mass is 9.83. The average molecular weight is 326 g/mol. The van der Waals surface area contributed by atoms with Crippen LogP contribution in [0.3, 0.4) is 0 Å². The monoisotopic (exact) mass is 326 g/mol. The quantitative estimate of drug-likeness (QED) is 0.734. The zero-order chi connectivity index (χ0) is 15.8. The number of hydrogen-bond donors (Lipinski definition) is 0. The summed E-state index contributed by atoms with van der Waals surface area (Å²) in [4.78, 5) is 13.2. The summed E-state index contributed by atoms with van der Waals surface area (Å²) in [6.07, 6.45) is 6.03. The summed E-state index contributed by atoms with van der Waals surface area (Å²) in [5.41, 5.74) is 0.872. The van der Waals surface area contributed by atoms with Gasteiger partial charge in [-0.2, -0.15) is 11.8 Å². The number of carbonyl (C=O) groups excluding carboxylic acids is 1. The van der Waals surface area contributed by atoms with Gasteiger partial charge in [0.05, 0.1) is 7.11 Å². The minimum Gasteiger partial charge on any atom is -0.496 e. The lowest BCUT2D eigenvalue weighted by Gasteiger charge is -2.38. The number of rotatable bonds is 3. The predicted octanol–water partition coefficient (Wildman–Crippen LogP) is 5.10. The van der Waals surface area contributed by atoms with E-state index >= 15 is 0 Å². The molecule has 3 heteroatoms. The summed E-state index contributed by atoms with van der Waals surface area (Å²) < 4.78 is 5.45. The molecule has 2 aromatic carbocycles. The van der Waals surface area contributed by atoms with E-state index in [0.717, 1.165) is 34.9 Å². The third-order valence-corrected chi connectivity index (χ3v) is 6.90. The van der Waals surface area contributed by atoms with Gasteiger partial charge in [0.25, 0.3) is 0 Å². The standard InChI is InChI=1S/C20H22O2S/c1-22-19-10-9-18(16-7-2-3-8-17(16)19)20(21)13-11-14-5-4-6-15(12-13)23-14/h2-3,7-10,13-15H,4-6,11-12H2,1H3. The van der Waals surface area contributed by atoms with Crippen LogP contribution in [-0.2, 0) is 0 Å². The van der Waals surface area contributed by atoms with Crippen LogP contribution >= 0.6 is 11.8 Å². The molecule has 0 saturated carbocycles. The van der Waals surface area contributed by atoms with Crippen molar-refractivity contribution in [2.75, 3.05) is 7.11 Å². The van der Waals surface area contributed by atoms with Gasteiger partial charge in [0, 0.05) is 27.4 Å². The first-order chi connectivity index (χ1) is 11.3. The number of methoxy groups -OCH3 is 1. The normalized spacial score (nSPS) is 26.9. The molecule has 0 aliphatic carbocycles. The molecular weight excluding hydrogens is 304 g/mol. The van der Waals surface area contributed by atoms with E-state index in [1.165, 1.54) is 19.3 Å². The first kappa shape index (κ1) is 15.1. The number of carbonyl (C=O) groups is 1. The van der Waals surface area contributed by atoms with Crippen LogP contribution in [0.4, 0.5) is 0 Å². The molecule has 0 aromatic heterocycles. The molecule has 0 spiro atoms. The largest absolute Gasteiger partial charge is 0.496 e. The van der Waals surface area contributed by atoms with E-state index in [4.69, 9.17) is 4.74 Å². The fourth-order valence-corrected chi connectivity index (χ4v) is 5.99. The number of hydrogen-bond acceptors (Lipinski definition) is 3. The Hall–Kier alpha value is -1.48. The number of ketones is 1. The number of fused-ring (bicyclic) bond motifs is 3. The van der Waals surface area contributed by atoms with Crippen molar-refractivity contribution < 1.29 is 9.53 Å². The second-order valence-electron chi connectivity index (χ2n) is 6.70. The van der Waals surface area contributed by atoms with E-state index in [1.54, 1.807) is 7.11 Å². The summed E-state index contributed by atoms with van der Waals surface area (Å²) in [5.74, 6) is 1.37.